The first-order chi connectivity index (χ1) is 13.3. The van der Waals surface area contributed by atoms with Crippen LogP contribution in [-0.4, -0.2) is 56.7 Å². The zero-order valence-electron chi connectivity index (χ0n) is 18.0. The van der Waals surface area contributed by atoms with Gasteiger partial charge < -0.3 is 25.1 Å². The first kappa shape index (κ1) is 23.3. The van der Waals surface area contributed by atoms with Gasteiger partial charge in [-0.2, -0.15) is 5.26 Å². The number of nitrogens with two attached hydrogens (primary N) is 1. The summed E-state index contributed by atoms with van der Waals surface area (Å²) in [5, 5.41) is 19.2. The Hall–Kier alpha value is -1.95. The topological polar surface area (TPSA) is 103 Å². The van der Waals surface area contributed by atoms with Gasteiger partial charge in [-0.25, -0.2) is 4.79 Å². The van der Waals surface area contributed by atoms with Gasteiger partial charge in [0.05, 0.1) is 40.2 Å². The molecule has 0 bridgehead atoms. The van der Waals surface area contributed by atoms with Gasteiger partial charge in [0.2, 0.25) is 0 Å². The third kappa shape index (κ3) is 4.97. The standard InChI is InChI=1S/C20H31ClN4O3Si/c1-20(2,3)29(5,6)28-17-12-25(8-7-15(17)24(4)19(26)27)16-10-13(11-22)9-14(23)18(16)21/h9-10,15,17H,7-8,12,23H2,1-6H3,(H,26,27)/t15-,17+/m1/s1. The molecule has 1 aromatic carbocycles. The summed E-state index contributed by atoms with van der Waals surface area (Å²) in [7, 11) is -0.555. The molecule has 2 rings (SSSR count). The van der Waals surface area contributed by atoms with Gasteiger partial charge in [0, 0.05) is 20.1 Å². The fourth-order valence-corrected chi connectivity index (χ4v) is 4.88. The van der Waals surface area contributed by atoms with Crippen LogP contribution < -0.4 is 10.6 Å². The van der Waals surface area contributed by atoms with Crippen molar-refractivity contribution >= 4 is 37.4 Å². The number of nitriles is 1. The molecule has 1 fully saturated rings. The van der Waals surface area contributed by atoms with Crippen molar-refractivity contribution in [2.75, 3.05) is 30.8 Å². The van der Waals surface area contributed by atoms with E-state index in [9.17, 15) is 15.2 Å². The minimum absolute atomic E-state index is 0.00950. The second-order valence-electron chi connectivity index (χ2n) is 9.12. The van der Waals surface area contributed by atoms with E-state index in [4.69, 9.17) is 21.8 Å². The number of benzene rings is 1. The van der Waals surface area contributed by atoms with Gasteiger partial charge in [0.25, 0.3) is 0 Å². The van der Waals surface area contributed by atoms with Gasteiger partial charge in [0.1, 0.15) is 0 Å². The fraction of sp³-hybridized carbons (Fsp3) is 0.600. The Bertz CT molecular complexity index is 819. The number of rotatable bonds is 4. The molecule has 0 unspecified atom stereocenters. The zero-order valence-corrected chi connectivity index (χ0v) is 19.7. The molecular weight excluding hydrogens is 408 g/mol. The minimum Gasteiger partial charge on any atom is -0.465 e. The van der Waals surface area contributed by atoms with Crippen LogP contribution in [0.4, 0.5) is 16.2 Å². The quantitative estimate of drug-likeness (QED) is 0.534. The number of anilines is 2. The summed E-state index contributed by atoms with van der Waals surface area (Å²) in [4.78, 5) is 15.0. The van der Waals surface area contributed by atoms with Crippen molar-refractivity contribution < 1.29 is 14.3 Å². The maximum absolute atomic E-state index is 11.6. The highest BCUT2D eigenvalue weighted by Gasteiger charge is 2.44. The van der Waals surface area contributed by atoms with Crippen LogP contribution in [0.2, 0.25) is 23.2 Å². The van der Waals surface area contributed by atoms with Crippen molar-refractivity contribution in [2.24, 2.45) is 0 Å². The number of amides is 1. The third-order valence-corrected chi connectivity index (χ3v) is 11.0. The molecule has 2 atom stereocenters. The molecule has 1 aromatic rings. The summed E-state index contributed by atoms with van der Waals surface area (Å²) >= 11 is 6.45. The van der Waals surface area contributed by atoms with Crippen LogP contribution in [0.3, 0.4) is 0 Å². The van der Waals surface area contributed by atoms with Crippen LogP contribution in [0.25, 0.3) is 0 Å². The number of nitrogen functional groups attached to an aromatic ring is 1. The number of hydrogen-bond donors (Lipinski definition) is 2. The van der Waals surface area contributed by atoms with Crippen LogP contribution in [0, 0.1) is 11.3 Å². The lowest BCUT2D eigenvalue weighted by Crippen LogP contribution is -2.59. The molecule has 1 saturated heterocycles. The average Bonchev–Trinajstić information content (AvgIpc) is 2.61. The fourth-order valence-electron chi connectivity index (χ4n) is 3.30. The molecule has 7 nitrogen and oxygen atoms in total. The van der Waals surface area contributed by atoms with Gasteiger partial charge in [-0.1, -0.05) is 32.4 Å². The molecule has 0 saturated carbocycles. The van der Waals surface area contributed by atoms with Gasteiger partial charge in [-0.05, 0) is 36.7 Å². The summed E-state index contributed by atoms with van der Waals surface area (Å²) in [5.74, 6) is 0. The van der Waals surface area contributed by atoms with E-state index in [0.717, 1.165) is 0 Å². The van der Waals surface area contributed by atoms with Crippen LogP contribution in [0.1, 0.15) is 32.8 Å². The van der Waals surface area contributed by atoms with E-state index in [-0.39, 0.29) is 17.2 Å². The van der Waals surface area contributed by atoms with Crippen LogP contribution >= 0.6 is 11.6 Å². The molecule has 1 heterocycles. The SMILES string of the molecule is CN(C(=O)O)[C@@H]1CCN(c2cc(C#N)cc(N)c2Cl)C[C@@H]1O[Si](C)(C)C(C)(C)C. The number of hydrogen-bond acceptors (Lipinski definition) is 5. The van der Waals surface area contributed by atoms with E-state index in [1.807, 2.05) is 4.90 Å². The van der Waals surface area contributed by atoms with E-state index in [1.54, 1.807) is 19.2 Å². The molecule has 9 heteroatoms. The molecule has 29 heavy (non-hydrogen) atoms. The number of piperidine rings is 1. The molecule has 160 valence electrons. The van der Waals surface area contributed by atoms with Gasteiger partial charge in [0.15, 0.2) is 8.32 Å². The second-order valence-corrected chi connectivity index (χ2v) is 14.3. The normalized spacial score (nSPS) is 20.3. The number of halogens is 1. The van der Waals surface area contributed by atoms with Crippen molar-refractivity contribution in [1.29, 1.82) is 5.26 Å². The Morgan fingerprint density at radius 2 is 2.07 bits per heavy atom. The number of carbonyl (C=O) groups is 1. The lowest BCUT2D eigenvalue weighted by Gasteiger charge is -2.47. The monoisotopic (exact) mass is 438 g/mol. The number of likely N-dealkylation sites (N-methyl/N-ethyl adjacent to an activating group) is 1. The Morgan fingerprint density at radius 3 is 2.59 bits per heavy atom. The van der Waals surface area contributed by atoms with Crippen molar-refractivity contribution in [2.45, 2.75) is 57.5 Å². The lowest BCUT2D eigenvalue weighted by molar-refractivity contribution is 0.0561. The summed E-state index contributed by atoms with van der Waals surface area (Å²) in [5.41, 5.74) is 7.47. The average molecular weight is 439 g/mol. The molecule has 3 N–H and O–H groups in total. The predicted octanol–water partition coefficient (Wildman–Crippen LogP) is 4.37. The summed E-state index contributed by atoms with van der Waals surface area (Å²) in [6, 6.07) is 5.14. The highest BCUT2D eigenvalue weighted by Crippen LogP contribution is 2.40. The molecule has 1 aliphatic rings. The van der Waals surface area contributed by atoms with Gasteiger partial charge in [-0.3, -0.25) is 0 Å². The molecular formula is C20H31ClN4O3Si. The van der Waals surface area contributed by atoms with Crippen molar-refractivity contribution in [1.82, 2.24) is 4.90 Å². The number of nitrogens with zero attached hydrogens (tertiary/aromatic N) is 3. The largest absolute Gasteiger partial charge is 0.465 e. The molecule has 0 aliphatic carbocycles. The van der Waals surface area contributed by atoms with Gasteiger partial charge in [-0.15, -0.1) is 0 Å². The van der Waals surface area contributed by atoms with Crippen LogP contribution in [-0.2, 0) is 4.43 Å². The van der Waals surface area contributed by atoms with Crippen LogP contribution in [0.5, 0.6) is 0 Å². The maximum Gasteiger partial charge on any atom is 0.407 e. The highest BCUT2D eigenvalue weighted by atomic mass is 35.5. The van der Waals surface area contributed by atoms with Gasteiger partial charge >= 0.3 is 6.09 Å². The first-order valence-electron chi connectivity index (χ1n) is 9.66. The summed E-state index contributed by atoms with van der Waals surface area (Å²) < 4.78 is 6.66. The molecule has 1 amide bonds. The highest BCUT2D eigenvalue weighted by molar-refractivity contribution is 6.74. The predicted molar refractivity (Wildman–Crippen MR) is 119 cm³/mol. The zero-order chi connectivity index (χ0) is 22.1. The second kappa shape index (κ2) is 8.42. The Kier molecular flexibility index (Phi) is 6.77. The molecule has 1 aliphatic heterocycles. The molecule has 0 aromatic heterocycles. The van der Waals surface area contributed by atoms with Crippen molar-refractivity contribution in [3.8, 4) is 6.07 Å². The van der Waals surface area contributed by atoms with E-state index in [1.165, 1.54) is 4.90 Å². The molecule has 0 spiro atoms. The summed E-state index contributed by atoms with van der Waals surface area (Å²) in [6.07, 6.45) is -0.690. The molecule has 0 radical (unpaired) electrons. The maximum atomic E-state index is 11.6. The number of carboxylic acid groups (broad SMARTS) is 1. The smallest absolute Gasteiger partial charge is 0.407 e. The Morgan fingerprint density at radius 1 is 1.45 bits per heavy atom. The van der Waals surface area contributed by atoms with E-state index in [0.29, 0.717) is 41.5 Å². The Balaban J connectivity index is 2.40. The van der Waals surface area contributed by atoms with Crippen molar-refractivity contribution in [3.63, 3.8) is 0 Å². The van der Waals surface area contributed by atoms with E-state index < -0.39 is 14.4 Å². The first-order valence-corrected chi connectivity index (χ1v) is 12.9. The minimum atomic E-state index is -2.14. The van der Waals surface area contributed by atoms with E-state index >= 15 is 0 Å². The van der Waals surface area contributed by atoms with Crippen LogP contribution in [0.15, 0.2) is 12.1 Å². The van der Waals surface area contributed by atoms with E-state index in [2.05, 4.69) is 39.9 Å². The lowest BCUT2D eigenvalue weighted by atomic mass is 9.99. The Labute approximate surface area is 179 Å². The third-order valence-electron chi connectivity index (χ3n) is 6.13. The summed E-state index contributed by atoms with van der Waals surface area (Å²) in [6.45, 7) is 11.9. The van der Waals surface area contributed by atoms with Crippen molar-refractivity contribution in [3.05, 3.63) is 22.7 Å².